The van der Waals surface area contributed by atoms with Crippen molar-refractivity contribution in [3.05, 3.63) is 29.8 Å². The van der Waals surface area contributed by atoms with E-state index in [9.17, 15) is 9.59 Å². The van der Waals surface area contributed by atoms with Gasteiger partial charge in [-0.1, -0.05) is 6.07 Å². The van der Waals surface area contributed by atoms with Crippen molar-refractivity contribution >= 4 is 11.9 Å². The molecule has 1 unspecified atom stereocenters. The van der Waals surface area contributed by atoms with E-state index >= 15 is 0 Å². The lowest BCUT2D eigenvalue weighted by molar-refractivity contribution is -0.150. The summed E-state index contributed by atoms with van der Waals surface area (Å²) in [7, 11) is 1.55. The Morgan fingerprint density at radius 1 is 1.39 bits per heavy atom. The number of hydrogen-bond donors (Lipinski definition) is 1. The largest absolute Gasteiger partial charge is 0.479 e. The molecule has 1 N–H and O–H groups in total. The summed E-state index contributed by atoms with van der Waals surface area (Å²) >= 11 is 0. The molecule has 1 rings (SSSR count). The molecule has 0 radical (unpaired) electrons. The highest BCUT2D eigenvalue weighted by Crippen LogP contribution is 2.15. The topological polar surface area (TPSA) is 64.6 Å². The van der Waals surface area contributed by atoms with Crippen LogP contribution in [0.25, 0.3) is 0 Å². The predicted molar refractivity (Wildman–Crippen MR) is 66.6 cm³/mol. The maximum Gasteiger partial charge on any atom is 0.347 e. The van der Waals surface area contributed by atoms with Gasteiger partial charge in [0, 0.05) is 12.6 Å². The molecular weight excluding hydrogens is 234 g/mol. The highest BCUT2D eigenvalue weighted by molar-refractivity contribution is 5.94. The van der Waals surface area contributed by atoms with E-state index in [-0.39, 0.29) is 5.91 Å². The molecular formula is C13H17NO4. The van der Waals surface area contributed by atoms with Crippen LogP contribution >= 0.6 is 0 Å². The van der Waals surface area contributed by atoms with Gasteiger partial charge >= 0.3 is 5.97 Å². The minimum Gasteiger partial charge on any atom is -0.479 e. The second-order valence-corrected chi connectivity index (χ2v) is 3.62. The van der Waals surface area contributed by atoms with Gasteiger partial charge in [0.15, 0.2) is 6.10 Å². The van der Waals surface area contributed by atoms with Gasteiger partial charge in [0.2, 0.25) is 0 Å². The lowest BCUT2D eigenvalue weighted by Gasteiger charge is -2.13. The third-order valence-corrected chi connectivity index (χ3v) is 2.25. The summed E-state index contributed by atoms with van der Waals surface area (Å²) in [5, 5.41) is 2.52. The van der Waals surface area contributed by atoms with Gasteiger partial charge in [0.25, 0.3) is 5.91 Å². The Labute approximate surface area is 106 Å². The van der Waals surface area contributed by atoms with Crippen molar-refractivity contribution in [2.45, 2.75) is 20.0 Å². The first kappa shape index (κ1) is 14.0. The monoisotopic (exact) mass is 251 g/mol. The van der Waals surface area contributed by atoms with Crippen LogP contribution in [0.1, 0.15) is 24.2 Å². The highest BCUT2D eigenvalue weighted by Gasteiger charge is 2.16. The fourth-order valence-corrected chi connectivity index (χ4v) is 1.37. The smallest absolute Gasteiger partial charge is 0.347 e. The average molecular weight is 251 g/mol. The molecule has 0 aromatic heterocycles. The van der Waals surface area contributed by atoms with Crippen LogP contribution in [0.2, 0.25) is 0 Å². The summed E-state index contributed by atoms with van der Waals surface area (Å²) in [5.41, 5.74) is 0.478. The average Bonchev–Trinajstić information content (AvgIpc) is 2.38. The van der Waals surface area contributed by atoms with Gasteiger partial charge in [-0.3, -0.25) is 4.79 Å². The number of amides is 1. The van der Waals surface area contributed by atoms with Crippen molar-refractivity contribution in [3.63, 3.8) is 0 Å². The fraction of sp³-hybridized carbons (Fsp3) is 0.385. The number of esters is 1. The summed E-state index contributed by atoms with van der Waals surface area (Å²) in [6, 6.07) is 6.62. The Kier molecular flexibility index (Phi) is 5.17. The normalized spacial score (nSPS) is 11.5. The van der Waals surface area contributed by atoms with E-state index in [1.54, 1.807) is 45.2 Å². The molecule has 0 heterocycles. The maximum atomic E-state index is 11.4. The van der Waals surface area contributed by atoms with Crippen molar-refractivity contribution in [1.29, 1.82) is 0 Å². The molecule has 5 nitrogen and oxygen atoms in total. The molecule has 0 aliphatic rings. The number of carbonyl (C=O) groups is 2. The third-order valence-electron chi connectivity index (χ3n) is 2.25. The quantitative estimate of drug-likeness (QED) is 0.803. The van der Waals surface area contributed by atoms with Gasteiger partial charge in [-0.05, 0) is 32.0 Å². The molecule has 1 atom stereocenters. The van der Waals surface area contributed by atoms with Crippen molar-refractivity contribution in [2.24, 2.45) is 0 Å². The van der Waals surface area contributed by atoms with E-state index in [2.05, 4.69) is 5.32 Å². The number of nitrogens with one attached hydrogen (secondary N) is 1. The van der Waals surface area contributed by atoms with Gasteiger partial charge in [0.1, 0.15) is 5.75 Å². The molecule has 0 aliphatic heterocycles. The van der Waals surface area contributed by atoms with Gasteiger partial charge in [-0.2, -0.15) is 0 Å². The zero-order valence-electron chi connectivity index (χ0n) is 10.7. The van der Waals surface area contributed by atoms with E-state index in [0.29, 0.717) is 17.9 Å². The number of benzene rings is 1. The first-order valence-corrected chi connectivity index (χ1v) is 5.74. The lowest BCUT2D eigenvalue weighted by Crippen LogP contribution is -2.26. The van der Waals surface area contributed by atoms with E-state index in [1.807, 2.05) is 0 Å². The highest BCUT2D eigenvalue weighted by atomic mass is 16.6. The molecule has 5 heteroatoms. The van der Waals surface area contributed by atoms with Crippen molar-refractivity contribution in [2.75, 3.05) is 13.7 Å². The first-order chi connectivity index (χ1) is 8.58. The molecule has 98 valence electrons. The van der Waals surface area contributed by atoms with Crippen LogP contribution in [0.3, 0.4) is 0 Å². The van der Waals surface area contributed by atoms with Gasteiger partial charge in [-0.15, -0.1) is 0 Å². The Bertz CT molecular complexity index is 431. The maximum absolute atomic E-state index is 11.4. The zero-order valence-corrected chi connectivity index (χ0v) is 10.7. The van der Waals surface area contributed by atoms with Crippen LogP contribution in [-0.4, -0.2) is 31.6 Å². The summed E-state index contributed by atoms with van der Waals surface area (Å²) < 4.78 is 10.2. The third kappa shape index (κ3) is 3.76. The number of rotatable bonds is 5. The van der Waals surface area contributed by atoms with Crippen LogP contribution in [0.15, 0.2) is 24.3 Å². The van der Waals surface area contributed by atoms with E-state index in [1.165, 1.54) is 0 Å². The molecule has 0 saturated carbocycles. The molecule has 0 aliphatic carbocycles. The van der Waals surface area contributed by atoms with Crippen LogP contribution in [0.5, 0.6) is 5.75 Å². The molecule has 0 fully saturated rings. The van der Waals surface area contributed by atoms with Crippen molar-refractivity contribution in [1.82, 2.24) is 5.32 Å². The number of hydrogen-bond acceptors (Lipinski definition) is 4. The minimum absolute atomic E-state index is 0.204. The number of carbonyl (C=O) groups excluding carboxylic acids is 2. The van der Waals surface area contributed by atoms with Gasteiger partial charge in [-0.25, -0.2) is 4.79 Å². The molecule has 0 bridgehead atoms. The zero-order chi connectivity index (χ0) is 13.5. The van der Waals surface area contributed by atoms with Crippen LogP contribution in [-0.2, 0) is 9.53 Å². The summed E-state index contributed by atoms with van der Waals surface area (Å²) in [6.45, 7) is 3.65. The SMILES string of the molecule is CCOC(=O)C(C)Oc1cccc(C(=O)NC)c1. The molecule has 18 heavy (non-hydrogen) atoms. The van der Waals surface area contributed by atoms with Crippen LogP contribution in [0.4, 0.5) is 0 Å². The Hall–Kier alpha value is -2.04. The van der Waals surface area contributed by atoms with Gasteiger partial charge < -0.3 is 14.8 Å². The second-order valence-electron chi connectivity index (χ2n) is 3.62. The summed E-state index contributed by atoms with van der Waals surface area (Å²) in [5.74, 6) is -0.177. The Morgan fingerprint density at radius 3 is 2.72 bits per heavy atom. The lowest BCUT2D eigenvalue weighted by atomic mass is 10.2. The fourth-order valence-electron chi connectivity index (χ4n) is 1.37. The summed E-state index contributed by atoms with van der Waals surface area (Å²) in [6.07, 6.45) is -0.704. The number of ether oxygens (including phenoxy) is 2. The van der Waals surface area contributed by atoms with Crippen LogP contribution < -0.4 is 10.1 Å². The standard InChI is InChI=1S/C13H17NO4/c1-4-17-13(16)9(2)18-11-7-5-6-10(8-11)12(15)14-3/h5-9H,4H2,1-3H3,(H,14,15). The van der Waals surface area contributed by atoms with Crippen molar-refractivity contribution in [3.8, 4) is 5.75 Å². The van der Waals surface area contributed by atoms with Gasteiger partial charge in [0.05, 0.1) is 6.61 Å². The Balaban J connectivity index is 2.73. The van der Waals surface area contributed by atoms with E-state index in [4.69, 9.17) is 9.47 Å². The Morgan fingerprint density at radius 2 is 2.11 bits per heavy atom. The molecule has 0 spiro atoms. The second kappa shape index (κ2) is 6.64. The summed E-state index contributed by atoms with van der Waals surface area (Å²) in [4.78, 5) is 22.8. The van der Waals surface area contributed by atoms with Crippen LogP contribution in [0, 0.1) is 0 Å². The minimum atomic E-state index is -0.704. The first-order valence-electron chi connectivity index (χ1n) is 5.74. The van der Waals surface area contributed by atoms with E-state index in [0.717, 1.165) is 0 Å². The van der Waals surface area contributed by atoms with E-state index < -0.39 is 12.1 Å². The molecule has 0 saturated heterocycles. The molecule has 1 aromatic rings. The predicted octanol–water partition coefficient (Wildman–Crippen LogP) is 1.38. The van der Waals surface area contributed by atoms with Crippen molar-refractivity contribution < 1.29 is 19.1 Å². The molecule has 1 amide bonds. The molecule has 1 aromatic carbocycles.